The fourth-order valence-electron chi connectivity index (χ4n) is 3.78. The molecule has 3 rings (SSSR count). The first kappa shape index (κ1) is 29.0. The summed E-state index contributed by atoms with van der Waals surface area (Å²) in [5, 5.41) is 3.25. The van der Waals surface area contributed by atoms with Gasteiger partial charge in [0.15, 0.2) is 0 Å². The van der Waals surface area contributed by atoms with Crippen molar-refractivity contribution in [3.05, 3.63) is 92.9 Å². The summed E-state index contributed by atoms with van der Waals surface area (Å²) in [7, 11) is -2.62. The van der Waals surface area contributed by atoms with Crippen LogP contribution < -0.4 is 9.62 Å². The van der Waals surface area contributed by atoms with Crippen LogP contribution in [0.2, 0.25) is 10.0 Å². The Kier molecular flexibility index (Phi) is 10.0. The van der Waals surface area contributed by atoms with Crippen LogP contribution in [0.4, 0.5) is 5.69 Å². The highest BCUT2D eigenvalue weighted by Gasteiger charge is 2.33. The number of nitrogens with zero attached hydrogens (tertiary/aromatic N) is 2. The first-order valence-electron chi connectivity index (χ1n) is 11.4. The number of hydrogen-bond acceptors (Lipinski definition) is 4. The number of halogens is 3. The molecule has 0 radical (unpaired) electrons. The highest BCUT2D eigenvalue weighted by atomic mass is 79.9. The fourth-order valence-corrected chi connectivity index (χ4v) is 5.80. The van der Waals surface area contributed by atoms with Crippen LogP contribution in [-0.4, -0.2) is 44.8 Å². The number of hydrogen-bond donors (Lipinski definition) is 1. The van der Waals surface area contributed by atoms with E-state index in [1.165, 1.54) is 24.1 Å². The Bertz CT molecular complexity index is 1360. The summed E-state index contributed by atoms with van der Waals surface area (Å²) in [5.74, 6) is -0.916. The molecule has 0 bridgehead atoms. The lowest BCUT2D eigenvalue weighted by atomic mass is 10.1. The van der Waals surface area contributed by atoms with Gasteiger partial charge in [-0.05, 0) is 60.5 Å². The second-order valence-corrected chi connectivity index (χ2v) is 11.7. The molecule has 0 spiro atoms. The summed E-state index contributed by atoms with van der Waals surface area (Å²) in [6.07, 6.45) is 0.316. The van der Waals surface area contributed by atoms with E-state index in [0.29, 0.717) is 27.7 Å². The number of benzene rings is 3. The number of likely N-dealkylation sites (N-methyl/N-ethyl adjacent to an activating group) is 1. The lowest BCUT2D eigenvalue weighted by molar-refractivity contribution is -0.140. The van der Waals surface area contributed by atoms with Crippen LogP contribution in [0.1, 0.15) is 18.9 Å². The Balaban J connectivity index is 2.05. The molecule has 0 saturated carbocycles. The lowest BCUT2D eigenvalue weighted by Crippen LogP contribution is -2.51. The van der Waals surface area contributed by atoms with Crippen LogP contribution in [0.15, 0.2) is 82.2 Å². The molecule has 0 aromatic heterocycles. The number of carbonyl (C=O) groups excluding carboxylic acids is 2. The molecule has 0 aliphatic heterocycles. The summed E-state index contributed by atoms with van der Waals surface area (Å²) in [5.41, 5.74) is 0.953. The van der Waals surface area contributed by atoms with Crippen LogP contribution in [0.25, 0.3) is 0 Å². The van der Waals surface area contributed by atoms with Gasteiger partial charge in [0, 0.05) is 18.1 Å². The number of sulfonamides is 1. The molecule has 1 N–H and O–H groups in total. The monoisotopic (exact) mass is 625 g/mol. The molecule has 7 nitrogen and oxygen atoms in total. The maximum atomic E-state index is 13.8. The largest absolute Gasteiger partial charge is 0.357 e. The molecule has 196 valence electrons. The number of amides is 2. The molecule has 0 aliphatic rings. The van der Waals surface area contributed by atoms with Crippen LogP contribution >= 0.6 is 39.1 Å². The van der Waals surface area contributed by atoms with Crippen molar-refractivity contribution in [3.63, 3.8) is 0 Å². The first-order chi connectivity index (χ1) is 17.6. The molecule has 0 saturated heterocycles. The van der Waals surface area contributed by atoms with E-state index in [4.69, 9.17) is 23.2 Å². The van der Waals surface area contributed by atoms with Gasteiger partial charge >= 0.3 is 0 Å². The number of anilines is 1. The first-order valence-corrected chi connectivity index (χ1v) is 14.4. The van der Waals surface area contributed by atoms with Crippen molar-refractivity contribution >= 4 is 66.7 Å². The maximum Gasteiger partial charge on any atom is 0.264 e. The van der Waals surface area contributed by atoms with E-state index < -0.39 is 28.5 Å². The predicted octanol–water partition coefficient (Wildman–Crippen LogP) is 5.50. The topological polar surface area (TPSA) is 86.8 Å². The molecule has 0 aliphatic carbocycles. The molecule has 2 amide bonds. The average molecular weight is 627 g/mol. The van der Waals surface area contributed by atoms with Crippen LogP contribution in [0, 0.1) is 0 Å². The van der Waals surface area contributed by atoms with Crippen molar-refractivity contribution in [2.45, 2.75) is 30.8 Å². The van der Waals surface area contributed by atoms with Gasteiger partial charge in [-0.3, -0.25) is 13.9 Å². The minimum Gasteiger partial charge on any atom is -0.357 e. The molecule has 11 heteroatoms. The summed E-state index contributed by atoms with van der Waals surface area (Å²) in [4.78, 5) is 28.0. The Hall–Kier alpha value is -2.59. The highest BCUT2D eigenvalue weighted by molar-refractivity contribution is 9.10. The zero-order valence-electron chi connectivity index (χ0n) is 20.2. The molecule has 0 unspecified atom stereocenters. The minimum atomic E-state index is -4.11. The van der Waals surface area contributed by atoms with E-state index in [-0.39, 0.29) is 17.3 Å². The molecule has 0 heterocycles. The maximum absolute atomic E-state index is 13.8. The summed E-state index contributed by atoms with van der Waals surface area (Å²) >= 11 is 15.6. The van der Waals surface area contributed by atoms with E-state index >= 15 is 0 Å². The molecule has 3 aromatic carbocycles. The van der Waals surface area contributed by atoms with Crippen LogP contribution in [0.3, 0.4) is 0 Å². The lowest BCUT2D eigenvalue weighted by Gasteiger charge is -2.33. The Morgan fingerprint density at radius 2 is 1.62 bits per heavy atom. The van der Waals surface area contributed by atoms with Crippen molar-refractivity contribution in [1.29, 1.82) is 0 Å². The molecule has 3 aromatic rings. The van der Waals surface area contributed by atoms with Gasteiger partial charge in [-0.1, -0.05) is 70.3 Å². The molecule has 0 fully saturated rings. The van der Waals surface area contributed by atoms with E-state index in [0.717, 1.165) is 8.78 Å². The molecular weight excluding hydrogens is 601 g/mol. The van der Waals surface area contributed by atoms with Crippen molar-refractivity contribution in [3.8, 4) is 0 Å². The quantitative estimate of drug-likeness (QED) is 0.322. The van der Waals surface area contributed by atoms with Gasteiger partial charge in [-0.15, -0.1) is 0 Å². The van der Waals surface area contributed by atoms with Gasteiger partial charge < -0.3 is 10.2 Å². The highest BCUT2D eigenvalue weighted by Crippen LogP contribution is 2.27. The van der Waals surface area contributed by atoms with Gasteiger partial charge in [0.2, 0.25) is 11.8 Å². The molecule has 37 heavy (non-hydrogen) atoms. The Morgan fingerprint density at radius 3 is 2.19 bits per heavy atom. The minimum absolute atomic E-state index is 0.0290. The zero-order valence-corrected chi connectivity index (χ0v) is 24.1. The van der Waals surface area contributed by atoms with E-state index in [1.807, 2.05) is 0 Å². The van der Waals surface area contributed by atoms with E-state index in [1.54, 1.807) is 67.6 Å². The van der Waals surface area contributed by atoms with Gasteiger partial charge in [0.1, 0.15) is 12.6 Å². The van der Waals surface area contributed by atoms with Gasteiger partial charge in [0.25, 0.3) is 10.0 Å². The smallest absolute Gasteiger partial charge is 0.264 e. The van der Waals surface area contributed by atoms with Gasteiger partial charge in [-0.2, -0.15) is 0 Å². The Morgan fingerprint density at radius 1 is 0.973 bits per heavy atom. The van der Waals surface area contributed by atoms with Gasteiger partial charge in [0.05, 0.1) is 20.6 Å². The number of nitrogens with one attached hydrogen (secondary N) is 1. The predicted molar refractivity (Wildman–Crippen MR) is 150 cm³/mol. The number of rotatable bonds is 10. The summed E-state index contributed by atoms with van der Waals surface area (Å²) in [6.45, 7) is 1.29. The second-order valence-electron chi connectivity index (χ2n) is 8.11. The summed E-state index contributed by atoms with van der Waals surface area (Å²) in [6, 6.07) is 18.6. The third-order valence-electron chi connectivity index (χ3n) is 5.69. The SMILES string of the molecule is CC[C@H](C(=O)NC)N(Cc1ccc(Cl)c(Cl)c1)C(=O)CN(c1ccc(Br)cc1)S(=O)(=O)c1ccccc1. The second kappa shape index (κ2) is 12.8. The molecular formula is C26H26BrCl2N3O4S. The van der Waals surface area contributed by atoms with Gasteiger partial charge in [-0.25, -0.2) is 8.42 Å². The van der Waals surface area contributed by atoms with Crippen molar-refractivity contribution < 1.29 is 18.0 Å². The zero-order chi connectivity index (χ0) is 27.2. The molecule has 1 atom stereocenters. The van der Waals surface area contributed by atoms with Crippen molar-refractivity contribution in [2.24, 2.45) is 0 Å². The third-order valence-corrected chi connectivity index (χ3v) is 8.75. The van der Waals surface area contributed by atoms with E-state index in [2.05, 4.69) is 21.2 Å². The Labute approximate surface area is 235 Å². The normalized spacial score (nSPS) is 12.0. The van der Waals surface area contributed by atoms with Crippen LogP contribution in [0.5, 0.6) is 0 Å². The number of carbonyl (C=O) groups is 2. The summed E-state index contributed by atoms with van der Waals surface area (Å²) < 4.78 is 29.2. The average Bonchev–Trinajstić information content (AvgIpc) is 2.89. The third kappa shape index (κ3) is 7.04. The van der Waals surface area contributed by atoms with E-state index in [9.17, 15) is 18.0 Å². The standard InChI is InChI=1S/C26H26BrCl2N3O4S/c1-3-24(26(34)30-2)31(16-18-9-14-22(28)23(29)15-18)25(33)17-32(20-12-10-19(27)11-13-20)37(35,36)21-7-5-4-6-8-21/h4-15,24H,3,16-17H2,1-2H3,(H,30,34)/t24-/m1/s1. The van der Waals surface area contributed by atoms with Crippen molar-refractivity contribution in [2.75, 3.05) is 17.9 Å². The fraction of sp³-hybridized carbons (Fsp3) is 0.231. The van der Waals surface area contributed by atoms with Crippen LogP contribution in [-0.2, 0) is 26.2 Å². The van der Waals surface area contributed by atoms with Crippen molar-refractivity contribution in [1.82, 2.24) is 10.2 Å².